The van der Waals surface area contributed by atoms with Crippen molar-refractivity contribution in [2.24, 2.45) is 0 Å². The van der Waals surface area contributed by atoms with Crippen molar-refractivity contribution in [1.29, 1.82) is 0 Å². The first kappa shape index (κ1) is 17.9. The Bertz CT molecular complexity index is 1180. The van der Waals surface area contributed by atoms with Crippen LogP contribution in [-0.2, 0) is 11.3 Å². The van der Waals surface area contributed by atoms with E-state index in [1.165, 1.54) is 24.6 Å². The molecule has 2 aromatic rings. The number of aromatic nitrogens is 4. The monoisotopic (exact) mass is 397 g/mol. The molecule has 2 N–H and O–H groups in total. The number of pyridine rings is 1. The van der Waals surface area contributed by atoms with Gasteiger partial charge in [0.15, 0.2) is 5.01 Å². The van der Waals surface area contributed by atoms with Gasteiger partial charge in [0.2, 0.25) is 0 Å². The molecule has 0 unspecified atom stereocenters. The molecule has 28 heavy (non-hydrogen) atoms. The third-order valence-electron chi connectivity index (χ3n) is 4.16. The maximum Gasteiger partial charge on any atom is 0.341 e. The van der Waals surface area contributed by atoms with E-state index in [0.717, 1.165) is 10.2 Å². The van der Waals surface area contributed by atoms with Crippen LogP contribution < -0.4 is 10.9 Å². The summed E-state index contributed by atoms with van der Waals surface area (Å²) in [6.07, 6.45) is 3.12. The highest BCUT2D eigenvalue weighted by atomic mass is 32.1. The predicted molar refractivity (Wildman–Crippen MR) is 103 cm³/mol. The van der Waals surface area contributed by atoms with Crippen molar-refractivity contribution in [3.8, 4) is 11.3 Å². The number of thiazole rings is 1. The first-order chi connectivity index (χ1) is 13.6. The van der Waals surface area contributed by atoms with Gasteiger partial charge in [0.25, 0.3) is 11.5 Å². The number of fused-ring (bicyclic) bond motifs is 2. The Kier molecular flexibility index (Phi) is 4.62. The quantitative estimate of drug-likeness (QED) is 0.493. The number of rotatable bonds is 5. The van der Waals surface area contributed by atoms with Gasteiger partial charge in [0.1, 0.15) is 11.3 Å². The van der Waals surface area contributed by atoms with Crippen molar-refractivity contribution >= 4 is 33.4 Å². The van der Waals surface area contributed by atoms with E-state index >= 15 is 0 Å². The number of carbonyl (C=O) groups excluding carboxylic acids is 2. The minimum absolute atomic E-state index is 0.177. The van der Waals surface area contributed by atoms with Crippen LogP contribution >= 0.6 is 11.3 Å². The Morgan fingerprint density at radius 2 is 2.11 bits per heavy atom. The van der Waals surface area contributed by atoms with E-state index in [4.69, 9.17) is 4.74 Å². The van der Waals surface area contributed by atoms with E-state index in [9.17, 15) is 14.4 Å². The van der Waals surface area contributed by atoms with Crippen molar-refractivity contribution in [2.45, 2.75) is 6.54 Å². The fraction of sp³-hybridized carbons (Fsp3) is 0.167. The summed E-state index contributed by atoms with van der Waals surface area (Å²) in [5, 5.41) is 9.38. The molecule has 3 heterocycles. The van der Waals surface area contributed by atoms with Gasteiger partial charge in [-0.05, 0) is 12.1 Å². The standard InChI is InChI=1S/C18H15N5O4S/c1-27-18(26)11-9-23(8-10-14(11)21-22-15(10)24)7-6-19-16(25)17-20-12-4-2-3-5-13(12)28-17/h2-5,8-9H,6-7H2,1H3,(H,19,25)(H,22,24). The number of amides is 1. The van der Waals surface area contributed by atoms with Gasteiger partial charge in [0.05, 0.1) is 22.9 Å². The van der Waals surface area contributed by atoms with Crippen LogP contribution in [0.4, 0.5) is 0 Å². The SMILES string of the molecule is COC(=O)c1cn(CCNC(=O)c2nc3ccccc3s2)cc2c(=O)[nH]nc1-2. The predicted octanol–water partition coefficient (Wildman–Crippen LogP) is 1.50. The summed E-state index contributed by atoms with van der Waals surface area (Å²) in [6, 6.07) is 7.53. The summed E-state index contributed by atoms with van der Waals surface area (Å²) in [6.45, 7) is 0.638. The average Bonchev–Trinajstić information content (AvgIpc) is 3.31. The van der Waals surface area contributed by atoms with Crippen LogP contribution in [-0.4, -0.2) is 45.3 Å². The number of ether oxygens (including phenoxy) is 1. The van der Waals surface area contributed by atoms with Crippen molar-refractivity contribution in [1.82, 2.24) is 25.1 Å². The minimum atomic E-state index is -0.593. The Labute approximate surface area is 162 Å². The molecule has 0 saturated carbocycles. The van der Waals surface area contributed by atoms with Gasteiger partial charge in [-0.2, -0.15) is 5.10 Å². The molecular weight excluding hydrogens is 382 g/mol. The molecule has 4 rings (SSSR count). The zero-order valence-corrected chi connectivity index (χ0v) is 15.6. The topological polar surface area (TPSA) is 119 Å². The molecule has 0 spiro atoms. The molecule has 142 valence electrons. The fourth-order valence-electron chi connectivity index (χ4n) is 2.82. The van der Waals surface area contributed by atoms with E-state index in [1.54, 1.807) is 10.8 Å². The van der Waals surface area contributed by atoms with E-state index < -0.39 is 11.5 Å². The highest BCUT2D eigenvalue weighted by molar-refractivity contribution is 7.20. The largest absolute Gasteiger partial charge is 0.465 e. The van der Waals surface area contributed by atoms with Gasteiger partial charge in [-0.1, -0.05) is 12.1 Å². The third kappa shape index (κ3) is 3.25. The number of nitrogens with zero attached hydrogens (tertiary/aromatic N) is 3. The maximum atomic E-state index is 12.3. The minimum Gasteiger partial charge on any atom is -0.465 e. The number of hydrogen-bond acceptors (Lipinski definition) is 7. The van der Waals surface area contributed by atoms with Gasteiger partial charge in [-0.25, -0.2) is 14.9 Å². The second-order valence-corrected chi connectivity index (χ2v) is 6.99. The van der Waals surface area contributed by atoms with E-state index in [2.05, 4.69) is 20.5 Å². The van der Waals surface area contributed by atoms with Gasteiger partial charge >= 0.3 is 5.97 Å². The van der Waals surface area contributed by atoms with E-state index in [1.807, 2.05) is 24.3 Å². The number of carbonyl (C=O) groups is 2. The smallest absolute Gasteiger partial charge is 0.341 e. The molecule has 9 nitrogen and oxygen atoms in total. The number of nitrogens with one attached hydrogen (secondary N) is 2. The fourth-order valence-corrected chi connectivity index (χ4v) is 3.70. The Morgan fingerprint density at radius 1 is 1.29 bits per heavy atom. The summed E-state index contributed by atoms with van der Waals surface area (Å²) in [5.74, 6) is -0.867. The van der Waals surface area contributed by atoms with Crippen LogP contribution in [0.1, 0.15) is 20.2 Å². The zero-order chi connectivity index (χ0) is 19.7. The molecular formula is C18H15N5O4S. The van der Waals surface area contributed by atoms with Gasteiger partial charge in [-0.15, -0.1) is 11.3 Å². The third-order valence-corrected chi connectivity index (χ3v) is 5.20. The first-order valence-corrected chi connectivity index (χ1v) is 9.18. The van der Waals surface area contributed by atoms with Gasteiger partial charge in [0, 0.05) is 25.5 Å². The van der Waals surface area contributed by atoms with Crippen molar-refractivity contribution in [3.63, 3.8) is 0 Å². The first-order valence-electron chi connectivity index (χ1n) is 8.37. The lowest BCUT2D eigenvalue weighted by Crippen LogP contribution is -2.27. The molecule has 0 aliphatic carbocycles. The summed E-state index contributed by atoms with van der Waals surface area (Å²) in [7, 11) is 1.26. The number of aromatic amines is 1. The van der Waals surface area contributed by atoms with Crippen LogP contribution in [0.15, 0.2) is 41.5 Å². The Hall–Kier alpha value is -3.53. The zero-order valence-electron chi connectivity index (χ0n) is 14.8. The van der Waals surface area contributed by atoms with Crippen LogP contribution in [0, 0.1) is 0 Å². The Morgan fingerprint density at radius 3 is 2.89 bits per heavy atom. The normalized spacial score (nSPS) is 11.0. The molecule has 0 atom stereocenters. The van der Waals surface area contributed by atoms with Crippen molar-refractivity contribution in [2.75, 3.05) is 13.7 Å². The van der Waals surface area contributed by atoms with E-state index in [0.29, 0.717) is 11.6 Å². The summed E-state index contributed by atoms with van der Waals surface area (Å²) in [5.41, 5.74) is 1.10. The molecule has 10 heteroatoms. The van der Waals surface area contributed by atoms with Crippen LogP contribution in [0.5, 0.6) is 0 Å². The van der Waals surface area contributed by atoms with Crippen LogP contribution in [0.2, 0.25) is 0 Å². The molecule has 2 aliphatic rings. The molecule has 1 amide bonds. The molecule has 1 aromatic heterocycles. The van der Waals surface area contributed by atoms with Crippen molar-refractivity contribution < 1.29 is 14.3 Å². The number of hydrogen-bond donors (Lipinski definition) is 2. The lowest BCUT2D eigenvalue weighted by atomic mass is 10.1. The lowest BCUT2D eigenvalue weighted by molar-refractivity contribution is 0.0600. The number of methoxy groups -OCH3 is 1. The number of benzene rings is 1. The Balaban J connectivity index is 1.50. The van der Waals surface area contributed by atoms with Crippen LogP contribution in [0.3, 0.4) is 0 Å². The second kappa shape index (κ2) is 7.24. The molecule has 0 fully saturated rings. The second-order valence-electron chi connectivity index (χ2n) is 5.96. The number of H-pyrrole nitrogens is 1. The van der Waals surface area contributed by atoms with Crippen molar-refractivity contribution in [3.05, 3.63) is 57.6 Å². The summed E-state index contributed by atoms with van der Waals surface area (Å²) < 4.78 is 7.34. The summed E-state index contributed by atoms with van der Waals surface area (Å²) in [4.78, 5) is 40.5. The van der Waals surface area contributed by atoms with Gasteiger partial charge < -0.3 is 14.6 Å². The molecule has 0 bridgehead atoms. The lowest BCUT2D eigenvalue weighted by Gasteiger charge is -2.12. The number of para-hydroxylation sites is 1. The molecule has 1 aromatic carbocycles. The molecule has 0 radical (unpaired) electrons. The van der Waals surface area contributed by atoms with Crippen LogP contribution in [0.25, 0.3) is 21.5 Å². The average molecular weight is 397 g/mol. The highest BCUT2D eigenvalue weighted by Crippen LogP contribution is 2.22. The maximum absolute atomic E-state index is 12.3. The number of esters is 1. The highest BCUT2D eigenvalue weighted by Gasteiger charge is 2.21. The van der Waals surface area contributed by atoms with E-state index in [-0.39, 0.29) is 29.3 Å². The molecule has 2 aliphatic heterocycles. The molecule has 0 saturated heterocycles. The van der Waals surface area contributed by atoms with Gasteiger partial charge in [-0.3, -0.25) is 9.59 Å². The summed E-state index contributed by atoms with van der Waals surface area (Å²) >= 11 is 1.32.